The molecule has 18 heavy (non-hydrogen) atoms. The molecule has 0 aromatic carbocycles. The van der Waals surface area contributed by atoms with Gasteiger partial charge in [-0.1, -0.05) is 6.07 Å². The fraction of sp³-hybridized carbons (Fsp3) is 0.0769. The molecule has 0 saturated heterocycles. The van der Waals surface area contributed by atoms with Crippen molar-refractivity contribution < 1.29 is 9.13 Å². The molecular formula is C13H10FN3O. The summed E-state index contributed by atoms with van der Waals surface area (Å²) in [5.74, 6) is 0.00327. The van der Waals surface area contributed by atoms with Crippen molar-refractivity contribution in [1.82, 2.24) is 14.4 Å². The molecule has 0 bridgehead atoms. The van der Waals surface area contributed by atoms with Gasteiger partial charge in [-0.3, -0.25) is 0 Å². The van der Waals surface area contributed by atoms with Crippen molar-refractivity contribution in [2.24, 2.45) is 0 Å². The van der Waals surface area contributed by atoms with E-state index in [0.717, 1.165) is 11.3 Å². The molecule has 0 aliphatic heterocycles. The summed E-state index contributed by atoms with van der Waals surface area (Å²) in [6, 6.07) is 8.58. The predicted molar refractivity (Wildman–Crippen MR) is 63.7 cm³/mol. The van der Waals surface area contributed by atoms with Crippen molar-refractivity contribution in [2.45, 2.75) is 6.61 Å². The van der Waals surface area contributed by atoms with Crippen LogP contribution in [0.4, 0.5) is 4.39 Å². The Hall–Kier alpha value is -2.43. The number of rotatable bonds is 3. The van der Waals surface area contributed by atoms with E-state index in [-0.39, 0.29) is 0 Å². The number of imidazole rings is 1. The number of fused-ring (bicyclic) bond motifs is 1. The summed E-state index contributed by atoms with van der Waals surface area (Å²) in [5.41, 5.74) is 1.68. The summed E-state index contributed by atoms with van der Waals surface area (Å²) in [6.07, 6.45) is 5.17. The van der Waals surface area contributed by atoms with Gasteiger partial charge in [0.2, 0.25) is 5.95 Å². The summed E-state index contributed by atoms with van der Waals surface area (Å²) in [4.78, 5) is 7.91. The third kappa shape index (κ3) is 2.15. The van der Waals surface area contributed by atoms with Gasteiger partial charge in [0.05, 0.1) is 11.9 Å². The molecule has 4 nitrogen and oxygen atoms in total. The third-order valence-electron chi connectivity index (χ3n) is 2.50. The van der Waals surface area contributed by atoms with Crippen LogP contribution in [0, 0.1) is 5.95 Å². The largest absolute Gasteiger partial charge is 0.486 e. The molecule has 3 rings (SSSR count). The van der Waals surface area contributed by atoms with Gasteiger partial charge in [0.25, 0.3) is 0 Å². The molecule has 90 valence electrons. The van der Waals surface area contributed by atoms with Gasteiger partial charge in [-0.2, -0.15) is 4.39 Å². The van der Waals surface area contributed by atoms with Crippen LogP contribution >= 0.6 is 0 Å². The van der Waals surface area contributed by atoms with Gasteiger partial charge in [-0.15, -0.1) is 0 Å². The van der Waals surface area contributed by atoms with Crippen molar-refractivity contribution in [3.05, 3.63) is 60.6 Å². The second kappa shape index (κ2) is 4.44. The van der Waals surface area contributed by atoms with E-state index in [1.165, 1.54) is 18.3 Å². The molecule has 0 N–H and O–H groups in total. The number of pyridine rings is 2. The second-order valence-electron chi connectivity index (χ2n) is 3.80. The van der Waals surface area contributed by atoms with Crippen molar-refractivity contribution in [1.29, 1.82) is 0 Å². The molecule has 0 spiro atoms. The minimum atomic E-state index is -0.518. The molecule has 0 fully saturated rings. The molecule has 0 radical (unpaired) electrons. The van der Waals surface area contributed by atoms with E-state index in [9.17, 15) is 4.39 Å². The third-order valence-corrected chi connectivity index (χ3v) is 2.50. The summed E-state index contributed by atoms with van der Waals surface area (Å²) in [6.45, 7) is 0.328. The maximum absolute atomic E-state index is 12.6. The maximum atomic E-state index is 12.6. The summed E-state index contributed by atoms with van der Waals surface area (Å²) < 4.78 is 20.0. The topological polar surface area (TPSA) is 39.4 Å². The zero-order valence-electron chi connectivity index (χ0n) is 9.45. The lowest BCUT2D eigenvalue weighted by molar-refractivity contribution is 0.300. The minimum absolute atomic E-state index is 0.328. The first-order chi connectivity index (χ1) is 8.81. The highest BCUT2D eigenvalue weighted by Gasteiger charge is 2.02. The Bertz CT molecular complexity index is 630. The number of halogens is 1. The number of ether oxygens (including phenoxy) is 1. The number of nitrogens with zero attached hydrogens (tertiary/aromatic N) is 3. The Balaban J connectivity index is 1.74. The minimum Gasteiger partial charge on any atom is -0.486 e. The maximum Gasteiger partial charge on any atom is 0.213 e. The van der Waals surface area contributed by atoms with Crippen LogP contribution in [0.2, 0.25) is 0 Å². The van der Waals surface area contributed by atoms with Crippen molar-refractivity contribution in [3.8, 4) is 5.75 Å². The summed E-state index contributed by atoms with van der Waals surface area (Å²) >= 11 is 0. The van der Waals surface area contributed by atoms with Gasteiger partial charge < -0.3 is 9.14 Å². The summed E-state index contributed by atoms with van der Waals surface area (Å²) in [7, 11) is 0. The Labute approximate surface area is 103 Å². The average Bonchev–Trinajstić information content (AvgIpc) is 2.81. The van der Waals surface area contributed by atoms with Gasteiger partial charge in [0.15, 0.2) is 0 Å². The van der Waals surface area contributed by atoms with Crippen LogP contribution in [0.25, 0.3) is 5.65 Å². The van der Waals surface area contributed by atoms with E-state index < -0.39 is 5.95 Å². The highest BCUT2D eigenvalue weighted by Crippen LogP contribution is 2.11. The number of hydrogen-bond acceptors (Lipinski definition) is 3. The van der Waals surface area contributed by atoms with Crippen LogP contribution in [0.1, 0.15) is 5.69 Å². The zero-order chi connectivity index (χ0) is 12.4. The molecule has 0 atom stereocenters. The van der Waals surface area contributed by atoms with Crippen LogP contribution in [-0.2, 0) is 6.61 Å². The van der Waals surface area contributed by atoms with Crippen LogP contribution in [0.5, 0.6) is 5.75 Å². The lowest BCUT2D eigenvalue weighted by atomic mass is 10.4. The smallest absolute Gasteiger partial charge is 0.213 e. The molecule has 0 unspecified atom stereocenters. The average molecular weight is 243 g/mol. The van der Waals surface area contributed by atoms with E-state index in [1.807, 2.05) is 35.0 Å². The highest BCUT2D eigenvalue weighted by atomic mass is 19.1. The van der Waals surface area contributed by atoms with E-state index in [1.54, 1.807) is 0 Å². The standard InChI is InChI=1S/C13H10FN3O/c14-12-5-4-11(7-15-12)18-9-10-8-17-6-2-1-3-13(17)16-10/h1-8H,9H2. The Morgan fingerprint density at radius 1 is 1.22 bits per heavy atom. The first-order valence-electron chi connectivity index (χ1n) is 5.48. The molecule has 3 aromatic rings. The predicted octanol–water partition coefficient (Wildman–Crippen LogP) is 2.45. The van der Waals surface area contributed by atoms with Gasteiger partial charge in [0, 0.05) is 12.4 Å². The SMILES string of the molecule is Fc1ccc(OCc2cn3ccccc3n2)cn1. The molecule has 0 saturated carbocycles. The molecule has 3 aromatic heterocycles. The van der Waals surface area contributed by atoms with Crippen LogP contribution in [-0.4, -0.2) is 14.4 Å². The molecule has 0 aliphatic carbocycles. The lowest BCUT2D eigenvalue weighted by Gasteiger charge is -2.02. The van der Waals surface area contributed by atoms with E-state index in [2.05, 4.69) is 9.97 Å². The van der Waals surface area contributed by atoms with E-state index in [4.69, 9.17) is 4.74 Å². The van der Waals surface area contributed by atoms with Gasteiger partial charge >= 0.3 is 0 Å². The molecule has 0 aliphatic rings. The number of hydrogen-bond donors (Lipinski definition) is 0. The van der Waals surface area contributed by atoms with Gasteiger partial charge in [0.1, 0.15) is 18.0 Å². The zero-order valence-corrected chi connectivity index (χ0v) is 9.45. The van der Waals surface area contributed by atoms with Crippen LogP contribution in [0.15, 0.2) is 48.9 Å². The Morgan fingerprint density at radius 3 is 2.94 bits per heavy atom. The van der Waals surface area contributed by atoms with E-state index >= 15 is 0 Å². The lowest BCUT2D eigenvalue weighted by Crippen LogP contribution is -1.96. The Morgan fingerprint density at radius 2 is 2.17 bits per heavy atom. The van der Waals surface area contributed by atoms with E-state index in [0.29, 0.717) is 12.4 Å². The molecule has 0 amide bonds. The first kappa shape index (κ1) is 10.7. The highest BCUT2D eigenvalue weighted by molar-refractivity contribution is 5.39. The molecule has 5 heteroatoms. The van der Waals surface area contributed by atoms with Gasteiger partial charge in [-0.05, 0) is 24.3 Å². The molecular weight excluding hydrogens is 233 g/mol. The summed E-state index contributed by atoms with van der Waals surface area (Å²) in [5, 5.41) is 0. The number of aromatic nitrogens is 3. The quantitative estimate of drug-likeness (QED) is 0.663. The second-order valence-corrected chi connectivity index (χ2v) is 3.80. The van der Waals surface area contributed by atoms with Crippen LogP contribution < -0.4 is 4.74 Å². The van der Waals surface area contributed by atoms with Crippen molar-refractivity contribution in [2.75, 3.05) is 0 Å². The fourth-order valence-corrected chi connectivity index (χ4v) is 1.66. The van der Waals surface area contributed by atoms with Crippen molar-refractivity contribution >= 4 is 5.65 Å². The van der Waals surface area contributed by atoms with Gasteiger partial charge in [-0.25, -0.2) is 9.97 Å². The first-order valence-corrected chi connectivity index (χ1v) is 5.48. The molecule has 3 heterocycles. The monoisotopic (exact) mass is 243 g/mol. The van der Waals surface area contributed by atoms with Crippen molar-refractivity contribution in [3.63, 3.8) is 0 Å². The van der Waals surface area contributed by atoms with Crippen LogP contribution in [0.3, 0.4) is 0 Å². The Kier molecular flexibility index (Phi) is 2.64. The normalized spacial score (nSPS) is 10.7. The fourth-order valence-electron chi connectivity index (χ4n) is 1.66.